The molecule has 0 unspecified atom stereocenters. The maximum atomic E-state index is 12.9. The summed E-state index contributed by atoms with van der Waals surface area (Å²) in [5, 5.41) is 4.59. The lowest BCUT2D eigenvalue weighted by molar-refractivity contribution is -0.111. The summed E-state index contributed by atoms with van der Waals surface area (Å²) in [7, 11) is 1.71. The van der Waals surface area contributed by atoms with Crippen molar-refractivity contribution in [2.45, 2.75) is 25.0 Å². The van der Waals surface area contributed by atoms with Gasteiger partial charge in [0, 0.05) is 35.2 Å². The van der Waals surface area contributed by atoms with Crippen LogP contribution in [0.5, 0.6) is 0 Å². The number of carbonyl (C=O) groups is 2. The van der Waals surface area contributed by atoms with Crippen LogP contribution >= 0.6 is 0 Å². The van der Waals surface area contributed by atoms with E-state index in [2.05, 4.69) is 11.9 Å². The maximum absolute atomic E-state index is 12.9. The molecule has 1 aliphatic carbocycles. The van der Waals surface area contributed by atoms with Crippen LogP contribution in [0.15, 0.2) is 43.0 Å². The molecular formula is C19H18N2O3. The van der Waals surface area contributed by atoms with Crippen molar-refractivity contribution in [2.75, 3.05) is 17.3 Å². The van der Waals surface area contributed by atoms with Crippen molar-refractivity contribution in [3.8, 4) is 0 Å². The third kappa shape index (κ3) is 2.05. The van der Waals surface area contributed by atoms with E-state index in [0.29, 0.717) is 11.3 Å². The normalized spacial score (nSPS) is 21.7. The predicted molar refractivity (Wildman–Crippen MR) is 93.4 cm³/mol. The molecule has 0 atom stereocenters. The lowest BCUT2D eigenvalue weighted by Crippen LogP contribution is -2.49. The number of hydrogen-bond donors (Lipinski definition) is 1. The molecule has 1 fully saturated rings. The SMILES string of the molecule is C=CC(=O)Nc1ccc2c3c(cccc13)C(=O)N2C1CC(OC)C1. The Balaban J connectivity index is 1.79. The standard InChI is InChI=1S/C19H18N2O3/c1-3-17(22)20-15-7-8-16-18-13(15)5-4-6-14(18)19(23)21(16)11-9-12(10-11)24-2/h3-8,11-12H,1,9-10H2,2H3,(H,20,22). The number of rotatable bonds is 4. The summed E-state index contributed by atoms with van der Waals surface area (Å²) in [6.45, 7) is 3.48. The molecule has 2 aliphatic rings. The van der Waals surface area contributed by atoms with Gasteiger partial charge in [0.15, 0.2) is 0 Å². The largest absolute Gasteiger partial charge is 0.381 e. The third-order valence-corrected chi connectivity index (χ3v) is 4.94. The van der Waals surface area contributed by atoms with Gasteiger partial charge in [-0.3, -0.25) is 9.59 Å². The topological polar surface area (TPSA) is 58.6 Å². The first kappa shape index (κ1) is 14.9. The van der Waals surface area contributed by atoms with Crippen LogP contribution in [0.3, 0.4) is 0 Å². The van der Waals surface area contributed by atoms with Crippen LogP contribution in [0.4, 0.5) is 11.4 Å². The van der Waals surface area contributed by atoms with Gasteiger partial charge in [-0.25, -0.2) is 0 Å². The van der Waals surface area contributed by atoms with E-state index < -0.39 is 0 Å². The Morgan fingerprint density at radius 3 is 2.83 bits per heavy atom. The number of nitrogens with one attached hydrogen (secondary N) is 1. The molecule has 1 heterocycles. The number of methoxy groups -OCH3 is 1. The lowest BCUT2D eigenvalue weighted by Gasteiger charge is -2.40. The average Bonchev–Trinajstić information content (AvgIpc) is 2.84. The van der Waals surface area contributed by atoms with Crippen LogP contribution in [-0.2, 0) is 9.53 Å². The van der Waals surface area contributed by atoms with E-state index in [1.54, 1.807) is 7.11 Å². The first-order chi connectivity index (χ1) is 11.6. The molecule has 122 valence electrons. The van der Waals surface area contributed by atoms with E-state index in [0.717, 1.165) is 29.3 Å². The molecule has 5 heteroatoms. The van der Waals surface area contributed by atoms with E-state index in [9.17, 15) is 9.59 Å². The number of benzene rings is 2. The molecule has 0 aromatic heterocycles. The molecular weight excluding hydrogens is 304 g/mol. The van der Waals surface area contributed by atoms with E-state index in [-0.39, 0.29) is 24.0 Å². The molecule has 0 radical (unpaired) electrons. The summed E-state index contributed by atoms with van der Waals surface area (Å²) in [5.41, 5.74) is 2.30. The molecule has 1 N–H and O–H groups in total. The van der Waals surface area contributed by atoms with Gasteiger partial charge in [0.1, 0.15) is 0 Å². The summed E-state index contributed by atoms with van der Waals surface area (Å²) in [5.74, 6) is -0.235. The molecule has 2 aromatic carbocycles. The van der Waals surface area contributed by atoms with Gasteiger partial charge in [0.05, 0.1) is 11.8 Å². The fourth-order valence-corrected chi connectivity index (χ4v) is 3.60. The van der Waals surface area contributed by atoms with E-state index >= 15 is 0 Å². The molecule has 4 rings (SSSR count). The summed E-state index contributed by atoms with van der Waals surface area (Å²) >= 11 is 0. The number of amides is 2. The van der Waals surface area contributed by atoms with E-state index in [1.807, 2.05) is 35.2 Å². The Bertz CT molecular complexity index is 868. The van der Waals surface area contributed by atoms with Gasteiger partial charge in [-0.05, 0) is 37.1 Å². The Labute approximate surface area is 139 Å². The second-order valence-corrected chi connectivity index (χ2v) is 6.21. The highest BCUT2D eigenvalue weighted by molar-refractivity contribution is 6.27. The summed E-state index contributed by atoms with van der Waals surface area (Å²) < 4.78 is 5.34. The molecule has 0 spiro atoms. The highest BCUT2D eigenvalue weighted by Gasteiger charge is 2.41. The minimum atomic E-state index is -0.265. The van der Waals surface area contributed by atoms with Crippen LogP contribution in [0.25, 0.3) is 10.8 Å². The number of anilines is 2. The summed E-state index contributed by atoms with van der Waals surface area (Å²) in [6.07, 6.45) is 3.17. The number of nitrogens with zero attached hydrogens (tertiary/aromatic N) is 1. The Morgan fingerprint density at radius 1 is 1.33 bits per heavy atom. The number of ether oxygens (including phenoxy) is 1. The van der Waals surface area contributed by atoms with Crippen LogP contribution in [0.1, 0.15) is 23.2 Å². The van der Waals surface area contributed by atoms with Gasteiger partial charge < -0.3 is 15.0 Å². The number of hydrogen-bond acceptors (Lipinski definition) is 3. The molecule has 0 saturated heterocycles. The van der Waals surface area contributed by atoms with Crippen molar-refractivity contribution in [3.63, 3.8) is 0 Å². The monoisotopic (exact) mass is 322 g/mol. The van der Waals surface area contributed by atoms with Crippen molar-refractivity contribution in [2.24, 2.45) is 0 Å². The first-order valence-corrected chi connectivity index (χ1v) is 7.99. The van der Waals surface area contributed by atoms with E-state index in [1.165, 1.54) is 6.08 Å². The van der Waals surface area contributed by atoms with Gasteiger partial charge in [-0.2, -0.15) is 0 Å². The maximum Gasteiger partial charge on any atom is 0.259 e. The Kier molecular flexibility index (Phi) is 3.39. The predicted octanol–water partition coefficient (Wildman–Crippen LogP) is 3.10. The quantitative estimate of drug-likeness (QED) is 0.880. The molecule has 0 bridgehead atoms. The zero-order valence-corrected chi connectivity index (χ0v) is 13.4. The van der Waals surface area contributed by atoms with Gasteiger partial charge in [0.2, 0.25) is 5.91 Å². The molecule has 2 aromatic rings. The Hall–Kier alpha value is -2.66. The average molecular weight is 322 g/mol. The van der Waals surface area contributed by atoms with Crippen LogP contribution in [-0.4, -0.2) is 31.1 Å². The van der Waals surface area contributed by atoms with Crippen molar-refractivity contribution in [1.82, 2.24) is 0 Å². The molecule has 24 heavy (non-hydrogen) atoms. The van der Waals surface area contributed by atoms with E-state index in [4.69, 9.17) is 4.74 Å². The zero-order chi connectivity index (χ0) is 16.8. The van der Waals surface area contributed by atoms with Gasteiger partial charge in [0.25, 0.3) is 5.91 Å². The highest BCUT2D eigenvalue weighted by Crippen LogP contribution is 2.44. The highest BCUT2D eigenvalue weighted by atomic mass is 16.5. The summed E-state index contributed by atoms with van der Waals surface area (Å²) in [6, 6.07) is 9.56. The third-order valence-electron chi connectivity index (χ3n) is 4.94. The summed E-state index contributed by atoms with van der Waals surface area (Å²) in [4.78, 5) is 26.4. The van der Waals surface area contributed by atoms with Gasteiger partial charge in [-0.15, -0.1) is 0 Å². The smallest absolute Gasteiger partial charge is 0.259 e. The first-order valence-electron chi connectivity index (χ1n) is 7.99. The van der Waals surface area contributed by atoms with Crippen molar-refractivity contribution < 1.29 is 14.3 Å². The second kappa shape index (κ2) is 5.46. The Morgan fingerprint density at radius 2 is 2.12 bits per heavy atom. The lowest BCUT2D eigenvalue weighted by atomic mass is 9.87. The second-order valence-electron chi connectivity index (χ2n) is 6.21. The molecule has 1 aliphatic heterocycles. The van der Waals surface area contributed by atoms with Crippen molar-refractivity contribution in [1.29, 1.82) is 0 Å². The van der Waals surface area contributed by atoms with Crippen LogP contribution in [0, 0.1) is 0 Å². The van der Waals surface area contributed by atoms with Crippen LogP contribution in [0.2, 0.25) is 0 Å². The fourth-order valence-electron chi connectivity index (χ4n) is 3.60. The minimum Gasteiger partial charge on any atom is -0.381 e. The zero-order valence-electron chi connectivity index (χ0n) is 13.4. The van der Waals surface area contributed by atoms with Crippen molar-refractivity contribution >= 4 is 34.0 Å². The van der Waals surface area contributed by atoms with Gasteiger partial charge in [-0.1, -0.05) is 18.7 Å². The molecule has 5 nitrogen and oxygen atoms in total. The van der Waals surface area contributed by atoms with Gasteiger partial charge >= 0.3 is 0 Å². The minimum absolute atomic E-state index is 0.0300. The van der Waals surface area contributed by atoms with Crippen molar-refractivity contribution in [3.05, 3.63) is 48.6 Å². The molecule has 2 amide bonds. The van der Waals surface area contributed by atoms with Crippen LogP contribution < -0.4 is 10.2 Å². The molecule has 1 saturated carbocycles. The number of carbonyl (C=O) groups excluding carboxylic acids is 2. The fraction of sp³-hybridized carbons (Fsp3) is 0.263.